The number of carbonyl (C=O) groups is 1. The van der Waals surface area contributed by atoms with Gasteiger partial charge in [0.25, 0.3) is 0 Å². The van der Waals surface area contributed by atoms with Crippen molar-refractivity contribution in [3.8, 4) is 5.75 Å². The lowest BCUT2D eigenvalue weighted by Crippen LogP contribution is -2.20. The summed E-state index contributed by atoms with van der Waals surface area (Å²) in [5.74, 6) is -0.766. The Morgan fingerprint density at radius 2 is 1.91 bits per heavy atom. The molecule has 0 aliphatic rings. The Hall–Kier alpha value is -2.96. The minimum atomic E-state index is -3.91. The minimum absolute atomic E-state index is 0.0248. The molecule has 3 rings (SSSR count). The van der Waals surface area contributed by atoms with Crippen LogP contribution in [0.1, 0.15) is 5.69 Å². The van der Waals surface area contributed by atoms with Gasteiger partial charge in [0.05, 0.1) is 27.7 Å². The van der Waals surface area contributed by atoms with Crippen LogP contribution in [0, 0.1) is 17.0 Å². The minimum Gasteiger partial charge on any atom is -0.497 e. The first kappa shape index (κ1) is 23.7. The summed E-state index contributed by atoms with van der Waals surface area (Å²) in [4.78, 5) is 22.8. The molecule has 0 spiro atoms. The fourth-order valence-corrected chi connectivity index (χ4v) is 4.66. The average Bonchev–Trinajstić information content (AvgIpc) is 3.02. The monoisotopic (exact) mass is 542 g/mol. The second-order valence-corrected chi connectivity index (χ2v) is 9.72. The van der Waals surface area contributed by atoms with Gasteiger partial charge in [-0.2, -0.15) is 4.68 Å². The van der Waals surface area contributed by atoms with E-state index in [9.17, 15) is 23.3 Å². The molecule has 1 N–H and O–H groups in total. The van der Waals surface area contributed by atoms with Crippen LogP contribution in [0.4, 0.5) is 11.5 Å². The smallest absolute Gasteiger partial charge is 0.404 e. The molecule has 0 saturated heterocycles. The number of hydrogen-bond acceptors (Lipinski definition) is 7. The second-order valence-electron chi connectivity index (χ2n) is 6.54. The zero-order valence-corrected chi connectivity index (χ0v) is 19.9. The fraction of sp³-hybridized carbons (Fsp3) is 0.158. The quantitative estimate of drug-likeness (QED) is 0.352. The normalized spacial score (nSPS) is 11.2. The van der Waals surface area contributed by atoms with E-state index in [1.807, 2.05) is 0 Å². The largest absolute Gasteiger partial charge is 0.497 e. The van der Waals surface area contributed by atoms with Gasteiger partial charge in [-0.05, 0) is 64.2 Å². The lowest BCUT2D eigenvalue weighted by Gasteiger charge is -2.11. The first-order chi connectivity index (χ1) is 15.0. The van der Waals surface area contributed by atoms with Crippen molar-refractivity contribution in [3.63, 3.8) is 0 Å². The summed E-state index contributed by atoms with van der Waals surface area (Å²) in [5, 5.41) is 17.8. The van der Waals surface area contributed by atoms with E-state index in [-0.39, 0.29) is 32.2 Å². The van der Waals surface area contributed by atoms with Gasteiger partial charge in [0.15, 0.2) is 0 Å². The van der Waals surface area contributed by atoms with Crippen LogP contribution in [0.25, 0.3) is 0 Å². The molecule has 0 saturated carbocycles. The molecule has 0 aliphatic heterocycles. The molecule has 0 atom stereocenters. The number of anilines is 1. The van der Waals surface area contributed by atoms with Gasteiger partial charge in [-0.1, -0.05) is 11.6 Å². The van der Waals surface area contributed by atoms with Crippen molar-refractivity contribution >= 4 is 54.8 Å². The summed E-state index contributed by atoms with van der Waals surface area (Å²) in [6.07, 6.45) is 0. The maximum absolute atomic E-state index is 13.0. The molecule has 1 heterocycles. The molecule has 2 aromatic carbocycles. The molecular formula is C19H16BrClN4O6S. The van der Waals surface area contributed by atoms with Crippen molar-refractivity contribution in [1.29, 1.82) is 0 Å². The summed E-state index contributed by atoms with van der Waals surface area (Å²) in [6, 6.07) is 9.74. The van der Waals surface area contributed by atoms with Gasteiger partial charge in [0.1, 0.15) is 16.8 Å². The van der Waals surface area contributed by atoms with Crippen LogP contribution < -0.4 is 10.1 Å². The van der Waals surface area contributed by atoms with Crippen molar-refractivity contribution < 1.29 is 22.9 Å². The van der Waals surface area contributed by atoms with Crippen LogP contribution >= 0.6 is 27.5 Å². The Balaban J connectivity index is 1.89. The number of methoxy groups -OCH3 is 1. The van der Waals surface area contributed by atoms with E-state index in [1.54, 1.807) is 6.92 Å². The number of hydrogen-bond donors (Lipinski definition) is 1. The molecule has 0 unspecified atom stereocenters. The number of nitrogens with one attached hydrogen (secondary N) is 1. The highest BCUT2D eigenvalue weighted by Gasteiger charge is 2.25. The van der Waals surface area contributed by atoms with E-state index in [4.69, 9.17) is 16.3 Å². The average molecular weight is 544 g/mol. The van der Waals surface area contributed by atoms with E-state index in [1.165, 1.54) is 54.3 Å². The number of nitrogens with zero attached hydrogens (tertiary/aromatic N) is 3. The third-order valence-corrected chi connectivity index (χ3v) is 7.35. The van der Waals surface area contributed by atoms with E-state index in [0.29, 0.717) is 10.7 Å². The van der Waals surface area contributed by atoms with E-state index in [0.717, 1.165) is 0 Å². The highest BCUT2D eigenvalue weighted by molar-refractivity contribution is 9.10. The number of aromatic nitrogens is 2. The Morgan fingerprint density at radius 3 is 2.47 bits per heavy atom. The van der Waals surface area contributed by atoms with Crippen molar-refractivity contribution in [1.82, 2.24) is 9.78 Å². The number of halogens is 2. The molecular weight excluding hydrogens is 528 g/mol. The SMILES string of the molecule is COc1cc(NC(=O)Cn2nc([N+](=O)[O-])c(Br)c2C)cc(S(=O)(=O)c2ccc(Cl)cc2)c1. The molecule has 32 heavy (non-hydrogen) atoms. The third-order valence-electron chi connectivity index (χ3n) is 4.42. The summed E-state index contributed by atoms with van der Waals surface area (Å²) in [6.45, 7) is 1.24. The summed E-state index contributed by atoms with van der Waals surface area (Å²) in [7, 11) is -2.55. The second kappa shape index (κ2) is 9.27. The standard InChI is InChI=1S/C19H16BrClN4O6S/c1-11-18(20)19(25(27)28)23-24(11)10-17(26)22-13-7-14(31-2)9-16(8-13)32(29,30)15-5-3-12(21)4-6-15/h3-9H,10H2,1-2H3,(H,22,26). The Bertz CT molecular complexity index is 1310. The summed E-state index contributed by atoms with van der Waals surface area (Å²) < 4.78 is 32.5. The Labute approximate surface area is 196 Å². The molecule has 1 aromatic heterocycles. The molecule has 168 valence electrons. The van der Waals surface area contributed by atoms with Crippen molar-refractivity contribution in [2.24, 2.45) is 0 Å². The fourth-order valence-electron chi connectivity index (χ4n) is 2.78. The zero-order chi connectivity index (χ0) is 23.6. The topological polar surface area (TPSA) is 133 Å². The van der Waals surface area contributed by atoms with Crippen LogP contribution in [0.5, 0.6) is 5.75 Å². The van der Waals surface area contributed by atoms with Gasteiger partial charge >= 0.3 is 5.82 Å². The van der Waals surface area contributed by atoms with E-state index >= 15 is 0 Å². The number of benzene rings is 2. The van der Waals surface area contributed by atoms with Gasteiger partial charge in [-0.15, -0.1) is 0 Å². The van der Waals surface area contributed by atoms with Crippen LogP contribution in [-0.2, 0) is 21.2 Å². The first-order valence-electron chi connectivity index (χ1n) is 8.90. The first-order valence-corrected chi connectivity index (χ1v) is 11.5. The van der Waals surface area contributed by atoms with Gasteiger partial charge in [0.2, 0.25) is 15.7 Å². The molecule has 10 nitrogen and oxygen atoms in total. The number of ether oxygens (including phenoxy) is 1. The number of carbonyl (C=O) groups excluding carboxylic acids is 1. The predicted molar refractivity (Wildman–Crippen MR) is 120 cm³/mol. The maximum Gasteiger partial charge on any atom is 0.404 e. The van der Waals surface area contributed by atoms with Crippen LogP contribution in [-0.4, -0.2) is 36.1 Å². The zero-order valence-electron chi connectivity index (χ0n) is 16.7. The van der Waals surface area contributed by atoms with Crippen LogP contribution in [0.15, 0.2) is 56.7 Å². The molecule has 0 bridgehead atoms. The lowest BCUT2D eigenvalue weighted by atomic mass is 10.3. The molecule has 0 radical (unpaired) electrons. The van der Waals surface area contributed by atoms with Gasteiger partial charge in [-0.25, -0.2) is 8.42 Å². The van der Waals surface area contributed by atoms with Gasteiger partial charge in [-0.3, -0.25) is 4.79 Å². The van der Waals surface area contributed by atoms with Crippen molar-refractivity contribution in [2.45, 2.75) is 23.3 Å². The van der Waals surface area contributed by atoms with Crippen LogP contribution in [0.2, 0.25) is 5.02 Å². The third kappa shape index (κ3) is 4.92. The molecule has 3 aromatic rings. The van der Waals surface area contributed by atoms with Crippen molar-refractivity contribution in [3.05, 3.63) is 67.8 Å². The molecule has 0 fully saturated rings. The number of nitro groups is 1. The molecule has 1 amide bonds. The Morgan fingerprint density at radius 1 is 1.25 bits per heavy atom. The predicted octanol–water partition coefficient (Wildman–Crippen LogP) is 4.00. The number of amides is 1. The van der Waals surface area contributed by atoms with E-state index in [2.05, 4.69) is 26.3 Å². The van der Waals surface area contributed by atoms with Crippen molar-refractivity contribution in [2.75, 3.05) is 12.4 Å². The highest BCUT2D eigenvalue weighted by Crippen LogP contribution is 2.30. The van der Waals surface area contributed by atoms with Gasteiger partial charge in [0, 0.05) is 16.8 Å². The highest BCUT2D eigenvalue weighted by atomic mass is 79.9. The number of rotatable bonds is 7. The van der Waals surface area contributed by atoms with Crippen LogP contribution in [0.3, 0.4) is 0 Å². The number of sulfone groups is 1. The van der Waals surface area contributed by atoms with E-state index < -0.39 is 26.5 Å². The lowest BCUT2D eigenvalue weighted by molar-refractivity contribution is -0.390. The summed E-state index contributed by atoms with van der Waals surface area (Å²) in [5.41, 5.74) is 0.559. The van der Waals surface area contributed by atoms with Gasteiger partial charge < -0.3 is 20.2 Å². The Kier molecular flexibility index (Phi) is 6.86. The summed E-state index contributed by atoms with van der Waals surface area (Å²) >= 11 is 8.92. The molecule has 0 aliphatic carbocycles. The maximum atomic E-state index is 13.0. The molecule has 13 heteroatoms.